The molecule has 7 nitrogen and oxygen atoms in total. The summed E-state index contributed by atoms with van der Waals surface area (Å²) in [6.45, 7) is 5.97. The molecular formula is C26H24FN3O4S. The summed E-state index contributed by atoms with van der Waals surface area (Å²) in [5, 5.41) is 9.48. The van der Waals surface area contributed by atoms with Crippen molar-refractivity contribution in [3.63, 3.8) is 0 Å². The summed E-state index contributed by atoms with van der Waals surface area (Å²) < 4.78 is 19.5. The monoisotopic (exact) mass is 493 g/mol. The van der Waals surface area contributed by atoms with Crippen molar-refractivity contribution >= 4 is 39.0 Å². The van der Waals surface area contributed by atoms with E-state index in [0.29, 0.717) is 27.6 Å². The summed E-state index contributed by atoms with van der Waals surface area (Å²) in [7, 11) is 0. The molecule has 0 aliphatic carbocycles. The van der Waals surface area contributed by atoms with Crippen molar-refractivity contribution in [1.82, 2.24) is 9.78 Å². The zero-order chi connectivity index (χ0) is 25.1. The van der Waals surface area contributed by atoms with Crippen molar-refractivity contribution in [2.24, 2.45) is 0 Å². The van der Waals surface area contributed by atoms with Gasteiger partial charge in [0.1, 0.15) is 10.8 Å². The first-order valence-electron chi connectivity index (χ1n) is 11.1. The lowest BCUT2D eigenvalue weighted by Gasteiger charge is -2.11. The fourth-order valence-corrected chi connectivity index (χ4v) is 4.58. The molecule has 0 saturated heterocycles. The van der Waals surface area contributed by atoms with E-state index >= 15 is 0 Å². The van der Waals surface area contributed by atoms with Crippen LogP contribution in [0.15, 0.2) is 58.7 Å². The highest BCUT2D eigenvalue weighted by atomic mass is 32.1. The fraction of sp³-hybridized carbons (Fsp3) is 0.231. The molecular weight excluding hydrogens is 469 g/mol. The van der Waals surface area contributed by atoms with Gasteiger partial charge >= 0.3 is 5.97 Å². The maximum absolute atomic E-state index is 13.5. The highest BCUT2D eigenvalue weighted by molar-refractivity contribution is 7.16. The first-order chi connectivity index (χ1) is 16.8. The summed E-state index contributed by atoms with van der Waals surface area (Å²) in [6, 6.07) is 13.0. The number of thiophene rings is 1. The first-order valence-corrected chi connectivity index (χ1v) is 12.0. The molecule has 35 heavy (non-hydrogen) atoms. The van der Waals surface area contributed by atoms with Crippen LogP contribution in [0, 0.1) is 5.82 Å². The smallest absolute Gasteiger partial charge is 0.359 e. The number of carbonyl (C=O) groups is 2. The number of nitrogens with zero attached hydrogens (tertiary/aromatic N) is 2. The fourth-order valence-electron chi connectivity index (χ4n) is 3.63. The largest absolute Gasteiger partial charge is 0.461 e. The van der Waals surface area contributed by atoms with Crippen molar-refractivity contribution < 1.29 is 18.7 Å². The minimum atomic E-state index is -0.660. The Hall–Kier alpha value is -3.85. The van der Waals surface area contributed by atoms with E-state index in [1.165, 1.54) is 24.3 Å². The topological polar surface area (TPSA) is 90.3 Å². The number of ether oxygens (including phenoxy) is 1. The van der Waals surface area contributed by atoms with Crippen molar-refractivity contribution in [3.05, 3.63) is 86.9 Å². The molecule has 0 bridgehead atoms. The van der Waals surface area contributed by atoms with Gasteiger partial charge in [0.25, 0.3) is 5.56 Å². The lowest BCUT2D eigenvalue weighted by molar-refractivity contribution is -0.115. The molecule has 180 valence electrons. The van der Waals surface area contributed by atoms with Gasteiger partial charge in [-0.2, -0.15) is 9.78 Å². The summed E-state index contributed by atoms with van der Waals surface area (Å²) in [5.41, 5.74) is 1.73. The molecule has 1 N–H and O–H groups in total. The average Bonchev–Trinajstić information content (AvgIpc) is 3.25. The van der Waals surface area contributed by atoms with Crippen molar-refractivity contribution in [1.29, 1.82) is 0 Å². The molecule has 0 fully saturated rings. The van der Waals surface area contributed by atoms with Crippen LogP contribution in [-0.2, 0) is 16.0 Å². The Kier molecular flexibility index (Phi) is 7.07. The Morgan fingerprint density at radius 3 is 2.43 bits per heavy atom. The Labute approximate surface area is 205 Å². The number of aromatic nitrogens is 2. The third-order valence-corrected chi connectivity index (χ3v) is 6.35. The molecule has 0 radical (unpaired) electrons. The van der Waals surface area contributed by atoms with Gasteiger partial charge in [0, 0.05) is 10.8 Å². The van der Waals surface area contributed by atoms with E-state index in [4.69, 9.17) is 4.74 Å². The zero-order valence-corrected chi connectivity index (χ0v) is 20.3. The van der Waals surface area contributed by atoms with Crippen LogP contribution >= 0.6 is 11.3 Å². The highest BCUT2D eigenvalue weighted by Gasteiger charge is 2.23. The van der Waals surface area contributed by atoms with Gasteiger partial charge in [0.15, 0.2) is 5.69 Å². The van der Waals surface area contributed by atoms with Crippen LogP contribution in [0.1, 0.15) is 48.3 Å². The molecule has 2 aromatic heterocycles. The number of amides is 1. The van der Waals surface area contributed by atoms with Crippen LogP contribution in [-0.4, -0.2) is 28.3 Å². The third-order valence-electron chi connectivity index (χ3n) is 5.46. The highest BCUT2D eigenvalue weighted by Crippen LogP contribution is 2.31. The second-order valence-corrected chi connectivity index (χ2v) is 9.12. The Bertz CT molecular complexity index is 1440. The van der Waals surface area contributed by atoms with E-state index in [9.17, 15) is 18.8 Å². The number of benzene rings is 2. The predicted octanol–water partition coefficient (Wildman–Crippen LogP) is 5.07. The Balaban J connectivity index is 1.78. The molecule has 0 atom stereocenters. The minimum Gasteiger partial charge on any atom is -0.461 e. The van der Waals surface area contributed by atoms with Gasteiger partial charge in [-0.15, -0.1) is 11.3 Å². The number of fused-ring (bicyclic) bond motifs is 1. The summed E-state index contributed by atoms with van der Waals surface area (Å²) in [5.74, 6) is -1.11. The second kappa shape index (κ2) is 10.2. The van der Waals surface area contributed by atoms with E-state index in [2.05, 4.69) is 24.3 Å². The average molecular weight is 494 g/mol. The molecule has 0 aliphatic rings. The molecule has 2 heterocycles. The number of halogens is 1. The number of rotatable bonds is 7. The Morgan fingerprint density at radius 1 is 1.11 bits per heavy atom. The number of anilines is 1. The quantitative estimate of drug-likeness (QED) is 0.363. The maximum atomic E-state index is 13.5. The van der Waals surface area contributed by atoms with Crippen molar-refractivity contribution in [3.8, 4) is 5.69 Å². The standard InChI is InChI=1S/C26H24FN3O4S/c1-4-34-26(33)23-20-14-35-24(28-21(31)13-16-5-9-18(27)10-6-16)22(20)25(32)30(29-23)19-11-7-17(8-12-19)15(2)3/h5-12,14-15H,4,13H2,1-3H3,(H,28,31). The van der Waals surface area contributed by atoms with E-state index in [-0.39, 0.29) is 35.8 Å². The van der Waals surface area contributed by atoms with Crippen LogP contribution in [0.2, 0.25) is 0 Å². The second-order valence-electron chi connectivity index (χ2n) is 8.24. The summed E-state index contributed by atoms with van der Waals surface area (Å²) in [4.78, 5) is 38.9. The van der Waals surface area contributed by atoms with Crippen LogP contribution in [0.4, 0.5) is 9.39 Å². The van der Waals surface area contributed by atoms with Gasteiger partial charge in [-0.05, 0) is 48.2 Å². The first kappa shape index (κ1) is 24.3. The van der Waals surface area contributed by atoms with Gasteiger partial charge in [-0.3, -0.25) is 9.59 Å². The van der Waals surface area contributed by atoms with Gasteiger partial charge < -0.3 is 10.1 Å². The van der Waals surface area contributed by atoms with Crippen molar-refractivity contribution in [2.45, 2.75) is 33.1 Å². The number of esters is 1. The maximum Gasteiger partial charge on any atom is 0.359 e. The molecule has 2 aromatic carbocycles. The molecule has 0 aliphatic heterocycles. The van der Waals surface area contributed by atoms with Crippen LogP contribution in [0.3, 0.4) is 0 Å². The van der Waals surface area contributed by atoms with Crippen LogP contribution < -0.4 is 10.9 Å². The minimum absolute atomic E-state index is 0.000342. The molecule has 4 rings (SSSR count). The van der Waals surface area contributed by atoms with E-state index in [1.807, 2.05) is 12.1 Å². The van der Waals surface area contributed by atoms with Gasteiger partial charge in [0.2, 0.25) is 5.91 Å². The van der Waals surface area contributed by atoms with Gasteiger partial charge in [-0.25, -0.2) is 9.18 Å². The number of carbonyl (C=O) groups excluding carboxylic acids is 2. The number of hydrogen-bond donors (Lipinski definition) is 1. The van der Waals surface area contributed by atoms with E-state index < -0.39 is 11.5 Å². The van der Waals surface area contributed by atoms with Crippen molar-refractivity contribution in [2.75, 3.05) is 11.9 Å². The summed E-state index contributed by atoms with van der Waals surface area (Å²) >= 11 is 1.13. The molecule has 0 unspecified atom stereocenters. The SMILES string of the molecule is CCOC(=O)c1nn(-c2ccc(C(C)C)cc2)c(=O)c2c(NC(=O)Cc3ccc(F)cc3)scc12. The number of nitrogens with one attached hydrogen (secondary N) is 1. The molecule has 0 saturated carbocycles. The van der Waals surface area contributed by atoms with Crippen LogP contribution in [0.25, 0.3) is 16.5 Å². The third kappa shape index (κ3) is 5.14. The van der Waals surface area contributed by atoms with Gasteiger partial charge in [0.05, 0.1) is 24.1 Å². The normalized spacial score (nSPS) is 11.1. The number of hydrogen-bond acceptors (Lipinski definition) is 6. The van der Waals surface area contributed by atoms with Crippen LogP contribution in [0.5, 0.6) is 0 Å². The Morgan fingerprint density at radius 2 is 1.80 bits per heavy atom. The summed E-state index contributed by atoms with van der Waals surface area (Å²) in [6.07, 6.45) is 0.000342. The van der Waals surface area contributed by atoms with E-state index in [1.54, 1.807) is 24.4 Å². The lowest BCUT2D eigenvalue weighted by Crippen LogP contribution is -2.25. The lowest BCUT2D eigenvalue weighted by atomic mass is 10.0. The van der Waals surface area contributed by atoms with Gasteiger partial charge in [-0.1, -0.05) is 38.1 Å². The molecule has 4 aromatic rings. The zero-order valence-electron chi connectivity index (χ0n) is 19.5. The predicted molar refractivity (Wildman–Crippen MR) is 134 cm³/mol. The molecule has 0 spiro atoms. The molecule has 1 amide bonds. The van der Waals surface area contributed by atoms with E-state index in [0.717, 1.165) is 21.6 Å². The molecule has 9 heteroatoms.